The molecule has 0 saturated carbocycles. The third-order valence-corrected chi connectivity index (χ3v) is 5.82. The number of pyridine rings is 2. The predicted molar refractivity (Wildman–Crippen MR) is 124 cm³/mol. The molecule has 8 nitrogen and oxygen atoms in total. The van der Waals surface area contributed by atoms with Gasteiger partial charge in [-0.25, -0.2) is 9.37 Å². The Morgan fingerprint density at radius 1 is 1.21 bits per heavy atom. The first-order valence-corrected chi connectivity index (χ1v) is 10.7. The number of nitrogens with one attached hydrogen (secondary N) is 1. The first-order valence-electron chi connectivity index (χ1n) is 10.3. The molecule has 0 saturated heterocycles. The zero-order chi connectivity index (χ0) is 23.6. The van der Waals surface area contributed by atoms with Gasteiger partial charge >= 0.3 is 0 Å². The van der Waals surface area contributed by atoms with Crippen LogP contribution in [0.1, 0.15) is 18.9 Å². The number of hydrogen-bond acceptors (Lipinski definition) is 6. The van der Waals surface area contributed by atoms with Gasteiger partial charge in [0.15, 0.2) is 0 Å². The summed E-state index contributed by atoms with van der Waals surface area (Å²) >= 11 is 6.35. The van der Waals surface area contributed by atoms with Crippen LogP contribution >= 0.6 is 11.6 Å². The van der Waals surface area contributed by atoms with Crippen LogP contribution < -0.4 is 10.9 Å². The van der Waals surface area contributed by atoms with Crippen molar-refractivity contribution >= 4 is 28.3 Å². The lowest BCUT2D eigenvalue weighted by molar-refractivity contribution is 0.180. The predicted octanol–water partition coefficient (Wildman–Crippen LogP) is 2.97. The Balaban J connectivity index is 1.71. The molecule has 4 aromatic rings. The molecule has 0 fully saturated rings. The number of aromatic nitrogens is 4. The number of aliphatic hydroxyl groups is 2. The summed E-state index contributed by atoms with van der Waals surface area (Å²) in [7, 11) is 0. The molecule has 3 aromatic heterocycles. The van der Waals surface area contributed by atoms with E-state index in [0.717, 1.165) is 0 Å². The highest BCUT2D eigenvalue weighted by Crippen LogP contribution is 2.25. The molecule has 1 aromatic carbocycles. The van der Waals surface area contributed by atoms with Gasteiger partial charge in [0, 0.05) is 24.4 Å². The highest BCUT2D eigenvalue weighted by Gasteiger charge is 2.23. The standard InChI is InChI=1S/C23H23ClFN5O3/c1-23(14-32,7-9-31)28-21-10-20(17(24)12-26-21)29-8-6-19-16(22(29)33)11-27-30(19)13-15-4-2-3-5-18(15)25/h2-6,8,10-12,31-32H,7,9,13-14H2,1H3,(H,26,28). The van der Waals surface area contributed by atoms with Crippen molar-refractivity contribution in [2.45, 2.75) is 25.4 Å². The van der Waals surface area contributed by atoms with E-state index in [1.165, 1.54) is 23.0 Å². The summed E-state index contributed by atoms with van der Waals surface area (Å²) in [5.41, 5.74) is 0.294. The first kappa shape index (κ1) is 22.9. The van der Waals surface area contributed by atoms with Gasteiger partial charge in [-0.2, -0.15) is 5.10 Å². The van der Waals surface area contributed by atoms with Crippen LogP contribution in [0.5, 0.6) is 0 Å². The number of rotatable bonds is 8. The lowest BCUT2D eigenvalue weighted by Crippen LogP contribution is -2.40. The largest absolute Gasteiger partial charge is 0.396 e. The van der Waals surface area contributed by atoms with Crippen molar-refractivity contribution in [1.82, 2.24) is 19.3 Å². The Kier molecular flexibility index (Phi) is 6.46. The second-order valence-corrected chi connectivity index (χ2v) is 8.43. The van der Waals surface area contributed by atoms with Gasteiger partial charge in [-0.15, -0.1) is 0 Å². The molecule has 172 valence electrons. The Bertz CT molecular complexity index is 1360. The zero-order valence-corrected chi connectivity index (χ0v) is 18.6. The Morgan fingerprint density at radius 3 is 2.73 bits per heavy atom. The van der Waals surface area contributed by atoms with Crippen molar-refractivity contribution in [2.75, 3.05) is 18.5 Å². The van der Waals surface area contributed by atoms with Crippen molar-refractivity contribution < 1.29 is 14.6 Å². The Morgan fingerprint density at radius 2 is 2.00 bits per heavy atom. The van der Waals surface area contributed by atoms with Crippen molar-refractivity contribution in [3.63, 3.8) is 0 Å². The molecular weight excluding hydrogens is 449 g/mol. The molecule has 33 heavy (non-hydrogen) atoms. The lowest BCUT2D eigenvalue weighted by Gasteiger charge is -2.28. The average Bonchev–Trinajstić information content (AvgIpc) is 3.21. The Labute approximate surface area is 193 Å². The third-order valence-electron chi connectivity index (χ3n) is 5.53. The van der Waals surface area contributed by atoms with Gasteiger partial charge in [-0.1, -0.05) is 29.8 Å². The maximum atomic E-state index is 14.1. The molecule has 0 radical (unpaired) electrons. The highest BCUT2D eigenvalue weighted by molar-refractivity contribution is 6.32. The van der Waals surface area contributed by atoms with Crippen LogP contribution in [0, 0.1) is 5.82 Å². The monoisotopic (exact) mass is 471 g/mol. The van der Waals surface area contributed by atoms with Gasteiger partial charge in [0.2, 0.25) is 0 Å². The molecule has 3 N–H and O–H groups in total. The number of hydrogen-bond donors (Lipinski definition) is 3. The Hall–Kier alpha value is -3.27. The van der Waals surface area contributed by atoms with Gasteiger partial charge in [0.1, 0.15) is 11.6 Å². The van der Waals surface area contributed by atoms with Crippen molar-refractivity contribution in [2.24, 2.45) is 0 Å². The van der Waals surface area contributed by atoms with Crippen molar-refractivity contribution in [3.8, 4) is 5.69 Å². The van der Waals surface area contributed by atoms with E-state index in [2.05, 4.69) is 15.4 Å². The van der Waals surface area contributed by atoms with Crippen LogP contribution in [0.3, 0.4) is 0 Å². The fourth-order valence-electron chi connectivity index (χ4n) is 3.60. The molecule has 0 aliphatic rings. The lowest BCUT2D eigenvalue weighted by atomic mass is 9.99. The van der Waals surface area contributed by atoms with Gasteiger partial charge in [0.05, 0.1) is 52.7 Å². The summed E-state index contributed by atoms with van der Waals surface area (Å²) in [5, 5.41) is 26.9. The minimum atomic E-state index is -0.796. The molecule has 0 spiro atoms. The van der Waals surface area contributed by atoms with Crippen LogP contribution in [0.25, 0.3) is 16.6 Å². The zero-order valence-electron chi connectivity index (χ0n) is 17.9. The normalized spacial score (nSPS) is 13.2. The summed E-state index contributed by atoms with van der Waals surface area (Å²) in [6.45, 7) is 1.60. The SMILES string of the molecule is CC(CO)(CCO)Nc1cc(-n2ccc3c(cnn3Cc3ccccc3F)c2=O)c(Cl)cn1. The van der Waals surface area contributed by atoms with E-state index < -0.39 is 5.54 Å². The maximum Gasteiger partial charge on any atom is 0.266 e. The second kappa shape index (κ2) is 9.30. The minimum Gasteiger partial charge on any atom is -0.396 e. The molecule has 1 unspecified atom stereocenters. The van der Waals surface area contributed by atoms with Crippen LogP contribution in [0.4, 0.5) is 10.2 Å². The summed E-state index contributed by atoms with van der Waals surface area (Å²) in [5.74, 6) is 0.0517. The number of anilines is 1. The van der Waals surface area contributed by atoms with Gasteiger partial charge in [-0.05, 0) is 25.5 Å². The van der Waals surface area contributed by atoms with Crippen molar-refractivity contribution in [3.05, 3.63) is 81.7 Å². The van der Waals surface area contributed by atoms with Crippen LogP contribution in [0.2, 0.25) is 5.02 Å². The van der Waals surface area contributed by atoms with Crippen LogP contribution in [-0.2, 0) is 6.54 Å². The molecule has 0 aliphatic heterocycles. The smallest absolute Gasteiger partial charge is 0.266 e. The number of fused-ring (bicyclic) bond motifs is 1. The summed E-state index contributed by atoms with van der Waals surface area (Å²) in [6.07, 6.45) is 4.74. The quantitative estimate of drug-likeness (QED) is 0.365. The topological polar surface area (TPSA) is 105 Å². The molecule has 10 heteroatoms. The first-order chi connectivity index (χ1) is 15.8. The summed E-state index contributed by atoms with van der Waals surface area (Å²) in [6, 6.07) is 9.74. The van der Waals surface area contributed by atoms with Crippen LogP contribution in [0.15, 0.2) is 59.8 Å². The van der Waals surface area contributed by atoms with E-state index >= 15 is 0 Å². The van der Waals surface area contributed by atoms with E-state index in [1.54, 1.807) is 48.1 Å². The minimum absolute atomic E-state index is 0.114. The highest BCUT2D eigenvalue weighted by atomic mass is 35.5. The number of benzene rings is 1. The second-order valence-electron chi connectivity index (χ2n) is 8.02. The average molecular weight is 472 g/mol. The molecule has 4 rings (SSSR count). The fourth-order valence-corrected chi connectivity index (χ4v) is 3.79. The van der Waals surface area contributed by atoms with E-state index in [0.29, 0.717) is 34.4 Å². The summed E-state index contributed by atoms with van der Waals surface area (Å²) < 4.78 is 17.0. The van der Waals surface area contributed by atoms with Crippen LogP contribution in [-0.4, -0.2) is 48.3 Å². The third kappa shape index (κ3) is 4.61. The van der Waals surface area contributed by atoms with E-state index in [4.69, 9.17) is 11.6 Å². The van der Waals surface area contributed by atoms with Gasteiger partial charge in [-0.3, -0.25) is 14.0 Å². The molecule has 1 atom stereocenters. The van der Waals surface area contributed by atoms with E-state index in [9.17, 15) is 19.4 Å². The number of aliphatic hydroxyl groups excluding tert-OH is 2. The van der Waals surface area contributed by atoms with Gasteiger partial charge < -0.3 is 15.5 Å². The van der Waals surface area contributed by atoms with E-state index in [1.807, 2.05) is 0 Å². The maximum absolute atomic E-state index is 14.1. The molecule has 0 aliphatic carbocycles. The molecule has 0 bridgehead atoms. The number of halogens is 2. The number of nitrogens with zero attached hydrogens (tertiary/aromatic N) is 4. The van der Waals surface area contributed by atoms with Crippen molar-refractivity contribution in [1.29, 1.82) is 0 Å². The summed E-state index contributed by atoms with van der Waals surface area (Å²) in [4.78, 5) is 17.5. The van der Waals surface area contributed by atoms with E-state index in [-0.39, 0.29) is 36.2 Å². The molecular formula is C23H23ClFN5O3. The van der Waals surface area contributed by atoms with Gasteiger partial charge in [0.25, 0.3) is 5.56 Å². The fraction of sp³-hybridized carbons (Fsp3) is 0.261. The molecule has 0 amide bonds. The molecule has 3 heterocycles.